The maximum atomic E-state index is 11.1. The number of aliphatic hydroxyl groups excluding tert-OH is 1. The van der Waals surface area contributed by atoms with Gasteiger partial charge in [-0.3, -0.25) is 0 Å². The summed E-state index contributed by atoms with van der Waals surface area (Å²) in [5.41, 5.74) is 7.21. The minimum atomic E-state index is -1.10. The number of aryl methyl sites for hydroxylation is 2. The van der Waals surface area contributed by atoms with E-state index in [4.69, 9.17) is 14.2 Å². The van der Waals surface area contributed by atoms with Gasteiger partial charge in [0.25, 0.3) is 5.79 Å². The number of ether oxygens (including phenoxy) is 3. The Morgan fingerprint density at radius 3 is 2.16 bits per heavy atom. The van der Waals surface area contributed by atoms with Crippen LogP contribution in [0.1, 0.15) is 76.8 Å². The van der Waals surface area contributed by atoms with Crippen LogP contribution in [0, 0.1) is 28.2 Å². The molecule has 7 rings (SSSR count). The van der Waals surface area contributed by atoms with Crippen molar-refractivity contribution in [3.8, 4) is 34.5 Å². The molecule has 3 heterocycles. The van der Waals surface area contributed by atoms with Crippen LogP contribution in [-0.4, -0.2) is 26.5 Å². The molecule has 0 spiro atoms. The average molecular weight is 584 g/mol. The van der Waals surface area contributed by atoms with Gasteiger partial charge in [0.15, 0.2) is 11.5 Å². The van der Waals surface area contributed by atoms with E-state index < -0.39 is 18.0 Å². The molecule has 4 N–H and O–H groups in total. The summed E-state index contributed by atoms with van der Waals surface area (Å²) in [6, 6.07) is 18.1. The molecule has 0 saturated heterocycles. The second-order valence-corrected chi connectivity index (χ2v) is 11.2. The van der Waals surface area contributed by atoms with E-state index in [1.807, 2.05) is 38.1 Å². The zero-order valence-corrected chi connectivity index (χ0v) is 25.4. The number of phenols is 3. The number of benzene rings is 4. The van der Waals surface area contributed by atoms with E-state index in [9.17, 15) is 20.4 Å². The Morgan fingerprint density at radius 1 is 0.791 bits per heavy atom. The van der Waals surface area contributed by atoms with Crippen molar-refractivity contribution in [2.24, 2.45) is 0 Å². The van der Waals surface area contributed by atoms with Gasteiger partial charge in [0.05, 0.1) is 6.10 Å². The van der Waals surface area contributed by atoms with Crippen molar-refractivity contribution < 1.29 is 34.6 Å². The van der Waals surface area contributed by atoms with Gasteiger partial charge in [-0.15, -0.1) is 0 Å². The van der Waals surface area contributed by atoms with Gasteiger partial charge in [-0.05, 0) is 73.4 Å². The monoisotopic (exact) mass is 583 g/mol. The van der Waals surface area contributed by atoms with Gasteiger partial charge < -0.3 is 42.1 Å². The van der Waals surface area contributed by atoms with Crippen LogP contribution in [-0.2, 0) is 12.2 Å². The van der Waals surface area contributed by atoms with Gasteiger partial charge in [-0.25, -0.2) is 0 Å². The summed E-state index contributed by atoms with van der Waals surface area (Å²) < 4.78 is 19.9. The minimum Gasteiger partial charge on any atom is -0.507 e. The van der Waals surface area contributed by atoms with Gasteiger partial charge in [0, 0.05) is 47.1 Å². The van der Waals surface area contributed by atoms with E-state index >= 15 is 0 Å². The Hall–Kier alpha value is -4.36. The van der Waals surface area contributed by atoms with Crippen molar-refractivity contribution in [1.82, 2.24) is 0 Å². The molecule has 7 nitrogen and oxygen atoms in total. The van der Waals surface area contributed by atoms with E-state index in [2.05, 4.69) is 32.9 Å². The van der Waals surface area contributed by atoms with Crippen LogP contribution < -0.4 is 14.2 Å². The summed E-state index contributed by atoms with van der Waals surface area (Å²) in [6.45, 7) is 10.3. The maximum Gasteiger partial charge on any atom is 0.278 e. The normalized spacial score (nSPS) is 22.5. The molecule has 226 valence electrons. The molecular formula is C36H39O7-. The third-order valence-electron chi connectivity index (χ3n) is 8.73. The summed E-state index contributed by atoms with van der Waals surface area (Å²) in [4.78, 5) is 0. The number of rotatable bonds is 2. The number of para-hydroxylation sites is 1. The molecule has 4 unspecified atom stereocenters. The predicted molar refractivity (Wildman–Crippen MR) is 165 cm³/mol. The molecular weight excluding hydrogens is 544 g/mol. The lowest BCUT2D eigenvalue weighted by Crippen LogP contribution is -2.47. The van der Waals surface area contributed by atoms with Gasteiger partial charge in [0.1, 0.15) is 29.1 Å². The SMILES string of the molecule is CC.Cc1cc(C23CC(c4ccccc4O2)c2c(cc(O)c4c2OC(c2ccc(O)c(O)c2)C(O)C4)O3)cc(C)c1C.[CH3-]. The van der Waals surface area contributed by atoms with E-state index in [1.165, 1.54) is 17.7 Å². The molecule has 0 amide bonds. The highest BCUT2D eigenvalue weighted by molar-refractivity contribution is 5.65. The first-order valence-corrected chi connectivity index (χ1v) is 14.5. The van der Waals surface area contributed by atoms with Crippen LogP contribution in [0.2, 0.25) is 0 Å². The molecule has 43 heavy (non-hydrogen) atoms. The van der Waals surface area contributed by atoms with E-state index in [-0.39, 0.29) is 37.0 Å². The number of phenolic OH excluding ortho intramolecular Hbond substituents is 3. The van der Waals surface area contributed by atoms with Crippen molar-refractivity contribution in [1.29, 1.82) is 0 Å². The molecule has 4 aromatic rings. The van der Waals surface area contributed by atoms with Crippen LogP contribution in [0.15, 0.2) is 60.7 Å². The Morgan fingerprint density at radius 2 is 1.47 bits per heavy atom. The Labute approximate surface area is 252 Å². The highest BCUT2D eigenvalue weighted by Gasteiger charge is 2.52. The largest absolute Gasteiger partial charge is 0.507 e. The Bertz CT molecular complexity index is 1670. The Balaban J connectivity index is 0.00000120. The molecule has 0 aliphatic carbocycles. The number of fused-ring (bicyclic) bond motifs is 8. The maximum absolute atomic E-state index is 11.1. The molecule has 3 aliphatic heterocycles. The Kier molecular flexibility index (Phi) is 7.73. The highest BCUT2D eigenvalue weighted by atomic mass is 16.7. The second kappa shape index (κ2) is 11.0. The van der Waals surface area contributed by atoms with Gasteiger partial charge in [-0.1, -0.05) is 38.1 Å². The summed E-state index contributed by atoms with van der Waals surface area (Å²) in [7, 11) is 0. The molecule has 0 fully saturated rings. The molecule has 3 aliphatic rings. The smallest absolute Gasteiger partial charge is 0.278 e. The third-order valence-corrected chi connectivity index (χ3v) is 8.73. The zero-order valence-electron chi connectivity index (χ0n) is 25.4. The van der Waals surface area contributed by atoms with Crippen molar-refractivity contribution >= 4 is 0 Å². The predicted octanol–water partition coefficient (Wildman–Crippen LogP) is 7.40. The van der Waals surface area contributed by atoms with Crippen LogP contribution >= 0.6 is 0 Å². The lowest BCUT2D eigenvalue weighted by atomic mass is 9.76. The van der Waals surface area contributed by atoms with Crippen molar-refractivity contribution in [2.75, 3.05) is 0 Å². The highest BCUT2D eigenvalue weighted by Crippen LogP contribution is 2.60. The zero-order chi connectivity index (χ0) is 29.9. The number of aromatic hydroxyl groups is 3. The topological polar surface area (TPSA) is 109 Å². The summed E-state index contributed by atoms with van der Waals surface area (Å²) in [6.07, 6.45) is -1.17. The van der Waals surface area contributed by atoms with Crippen LogP contribution in [0.3, 0.4) is 0 Å². The first kappa shape index (κ1) is 30.1. The van der Waals surface area contributed by atoms with Crippen molar-refractivity contribution in [3.05, 3.63) is 113 Å². The second-order valence-electron chi connectivity index (χ2n) is 11.2. The molecule has 2 bridgehead atoms. The van der Waals surface area contributed by atoms with E-state index in [1.54, 1.807) is 12.1 Å². The molecule has 0 aromatic heterocycles. The fraction of sp³-hybridized carbons (Fsp3) is 0.306. The average Bonchev–Trinajstić information content (AvgIpc) is 2.98. The molecule has 0 radical (unpaired) electrons. The van der Waals surface area contributed by atoms with Crippen LogP contribution in [0.25, 0.3) is 0 Å². The molecule has 4 atom stereocenters. The fourth-order valence-corrected chi connectivity index (χ4v) is 6.40. The summed E-state index contributed by atoms with van der Waals surface area (Å²) in [5.74, 6) is -0.217. The number of hydrogen-bond donors (Lipinski definition) is 4. The molecule has 0 saturated carbocycles. The van der Waals surface area contributed by atoms with Crippen LogP contribution in [0.4, 0.5) is 0 Å². The standard InChI is InChI=1S/C33H30O7.C2H6.CH3/c1-16-10-20(11-17(2)18(16)3)33-15-23(21-6-4-5-7-28(21)39-33)30-29(40-33)14-25(35)22-13-27(37)31(38-32(22)30)19-8-9-24(34)26(36)12-19;1-2;/h4-12,14,23,27,31,34-37H,13,15H2,1-3H3;1-2H3;1H3/q;;-1. The van der Waals surface area contributed by atoms with Gasteiger partial charge >= 0.3 is 0 Å². The van der Waals surface area contributed by atoms with Crippen molar-refractivity contribution in [3.63, 3.8) is 0 Å². The van der Waals surface area contributed by atoms with Crippen LogP contribution in [0.5, 0.6) is 34.5 Å². The minimum absolute atomic E-state index is 0. The fourth-order valence-electron chi connectivity index (χ4n) is 6.40. The number of aliphatic hydroxyl groups is 1. The first-order chi connectivity index (χ1) is 20.1. The lowest BCUT2D eigenvalue weighted by Gasteiger charge is -2.48. The number of hydrogen-bond acceptors (Lipinski definition) is 7. The summed E-state index contributed by atoms with van der Waals surface area (Å²) >= 11 is 0. The first-order valence-electron chi connectivity index (χ1n) is 14.5. The third kappa shape index (κ3) is 4.72. The van der Waals surface area contributed by atoms with E-state index in [0.29, 0.717) is 29.0 Å². The quantitative estimate of drug-likeness (QED) is 0.144. The molecule has 7 heteroatoms. The van der Waals surface area contributed by atoms with Gasteiger partial charge in [0.2, 0.25) is 0 Å². The summed E-state index contributed by atoms with van der Waals surface area (Å²) in [5, 5.41) is 42.1. The lowest BCUT2D eigenvalue weighted by molar-refractivity contribution is -0.149. The van der Waals surface area contributed by atoms with E-state index in [0.717, 1.165) is 33.6 Å². The molecule has 4 aromatic carbocycles. The van der Waals surface area contributed by atoms with Crippen molar-refractivity contribution in [2.45, 2.75) is 71.4 Å². The van der Waals surface area contributed by atoms with Gasteiger partial charge in [-0.2, -0.15) is 0 Å².